The summed E-state index contributed by atoms with van der Waals surface area (Å²) in [7, 11) is 0. The van der Waals surface area contributed by atoms with E-state index in [0.717, 1.165) is 21.8 Å². The smallest absolute Gasteiger partial charge is 0.124 e. The number of nitrogens with zero attached hydrogens (tertiary/aromatic N) is 2. The Morgan fingerprint density at radius 3 is 2.59 bits per heavy atom. The zero-order valence-electron chi connectivity index (χ0n) is 8.81. The molecule has 0 spiro atoms. The van der Waals surface area contributed by atoms with Gasteiger partial charge >= 0.3 is 0 Å². The minimum absolute atomic E-state index is 0. The number of rotatable bonds is 0. The average molecular weight is 274 g/mol. The SMILES string of the molecule is Nc1cnc2ccc3ccc(N)nc3c2c1.[Cu]. The Balaban J connectivity index is 0.00000108. The predicted octanol–water partition coefficient (Wildman–Crippen LogP) is 1.94. The molecular weight excluding hydrogens is 264 g/mol. The number of hydrogen-bond donors (Lipinski definition) is 2. The second kappa shape index (κ2) is 4.20. The van der Waals surface area contributed by atoms with Crippen molar-refractivity contribution < 1.29 is 17.1 Å². The zero-order chi connectivity index (χ0) is 11.1. The molecule has 1 radical (unpaired) electrons. The van der Waals surface area contributed by atoms with Crippen molar-refractivity contribution >= 4 is 33.3 Å². The summed E-state index contributed by atoms with van der Waals surface area (Å²) >= 11 is 0. The second-order valence-electron chi connectivity index (χ2n) is 3.71. The van der Waals surface area contributed by atoms with Crippen molar-refractivity contribution in [3.8, 4) is 0 Å². The summed E-state index contributed by atoms with van der Waals surface area (Å²) in [6.45, 7) is 0. The van der Waals surface area contributed by atoms with Crippen molar-refractivity contribution in [2.24, 2.45) is 0 Å². The first-order chi connectivity index (χ1) is 7.74. The van der Waals surface area contributed by atoms with Gasteiger partial charge in [-0.05, 0) is 24.3 Å². The Hall–Kier alpha value is -1.84. The topological polar surface area (TPSA) is 77.8 Å². The van der Waals surface area contributed by atoms with E-state index in [1.54, 1.807) is 12.3 Å². The van der Waals surface area contributed by atoms with E-state index in [2.05, 4.69) is 9.97 Å². The van der Waals surface area contributed by atoms with Crippen LogP contribution in [-0.4, -0.2) is 9.97 Å². The zero-order valence-corrected chi connectivity index (χ0v) is 9.76. The van der Waals surface area contributed by atoms with Crippen LogP contribution in [0.1, 0.15) is 0 Å². The molecule has 0 bridgehead atoms. The maximum atomic E-state index is 5.73. The number of fused-ring (bicyclic) bond motifs is 3. The summed E-state index contributed by atoms with van der Waals surface area (Å²) in [6, 6.07) is 9.54. The third-order valence-electron chi connectivity index (χ3n) is 2.56. The molecule has 0 saturated heterocycles. The van der Waals surface area contributed by atoms with E-state index < -0.39 is 0 Å². The van der Waals surface area contributed by atoms with E-state index in [0.29, 0.717) is 11.5 Å². The van der Waals surface area contributed by atoms with Gasteiger partial charge < -0.3 is 11.5 Å². The molecule has 4 N–H and O–H groups in total. The van der Waals surface area contributed by atoms with Gasteiger partial charge in [0.05, 0.1) is 22.9 Å². The predicted molar refractivity (Wildman–Crippen MR) is 65.9 cm³/mol. The third kappa shape index (κ3) is 1.90. The van der Waals surface area contributed by atoms with Crippen LogP contribution in [0.2, 0.25) is 0 Å². The minimum atomic E-state index is 0. The molecule has 0 atom stereocenters. The van der Waals surface area contributed by atoms with Crippen LogP contribution in [0.25, 0.3) is 21.8 Å². The molecule has 4 nitrogen and oxygen atoms in total. The van der Waals surface area contributed by atoms with Gasteiger partial charge in [-0.15, -0.1) is 0 Å². The molecule has 0 aliphatic carbocycles. The molecule has 5 heteroatoms. The van der Waals surface area contributed by atoms with Crippen LogP contribution in [-0.2, 0) is 17.1 Å². The average Bonchev–Trinajstić information content (AvgIpc) is 2.29. The van der Waals surface area contributed by atoms with Crippen LogP contribution in [0.15, 0.2) is 36.5 Å². The van der Waals surface area contributed by atoms with Gasteiger partial charge in [0.25, 0.3) is 0 Å². The molecule has 0 amide bonds. The van der Waals surface area contributed by atoms with Crippen LogP contribution in [0.3, 0.4) is 0 Å². The Kier molecular flexibility index (Phi) is 2.88. The van der Waals surface area contributed by atoms with Crippen molar-refractivity contribution in [3.63, 3.8) is 0 Å². The summed E-state index contributed by atoms with van der Waals surface area (Å²) in [5.41, 5.74) is 13.8. The molecule has 3 aromatic rings. The normalized spacial score (nSPS) is 10.4. The molecule has 89 valence electrons. The van der Waals surface area contributed by atoms with E-state index >= 15 is 0 Å². The summed E-state index contributed by atoms with van der Waals surface area (Å²) in [5.74, 6) is 0.502. The number of nitrogens with two attached hydrogens (primary N) is 2. The number of pyridine rings is 2. The molecule has 2 aromatic heterocycles. The first kappa shape index (κ1) is 11.6. The Morgan fingerprint density at radius 1 is 1.00 bits per heavy atom. The van der Waals surface area contributed by atoms with Gasteiger partial charge in [-0.25, -0.2) is 4.98 Å². The number of nitrogen functional groups attached to an aromatic ring is 2. The minimum Gasteiger partial charge on any atom is -0.397 e. The van der Waals surface area contributed by atoms with Gasteiger partial charge in [0.1, 0.15) is 5.82 Å². The molecule has 0 aliphatic rings. The summed E-state index contributed by atoms with van der Waals surface area (Å²) in [5, 5.41) is 1.97. The van der Waals surface area contributed by atoms with Crippen molar-refractivity contribution in [2.75, 3.05) is 11.5 Å². The fourth-order valence-corrected chi connectivity index (χ4v) is 1.82. The maximum Gasteiger partial charge on any atom is 0.124 e. The number of aromatic nitrogens is 2. The maximum absolute atomic E-state index is 5.73. The largest absolute Gasteiger partial charge is 0.397 e. The standard InChI is InChI=1S/C12H10N4.Cu/c13-8-5-9-10(15-6-8)3-1-7-2-4-11(14)16-12(7)9;/h1-6H,13H2,(H2,14,16);. The quantitative estimate of drug-likeness (QED) is 0.485. The van der Waals surface area contributed by atoms with E-state index in [1.807, 2.05) is 24.3 Å². The Bertz CT molecular complexity index is 636. The Labute approximate surface area is 109 Å². The van der Waals surface area contributed by atoms with Gasteiger partial charge in [-0.1, -0.05) is 6.07 Å². The molecule has 3 rings (SSSR count). The molecule has 17 heavy (non-hydrogen) atoms. The van der Waals surface area contributed by atoms with Crippen LogP contribution in [0.5, 0.6) is 0 Å². The Morgan fingerprint density at radius 2 is 1.76 bits per heavy atom. The third-order valence-corrected chi connectivity index (χ3v) is 2.56. The van der Waals surface area contributed by atoms with Gasteiger partial charge in [-0.3, -0.25) is 4.98 Å². The summed E-state index contributed by atoms with van der Waals surface area (Å²) in [6.07, 6.45) is 1.64. The first-order valence-corrected chi connectivity index (χ1v) is 4.94. The van der Waals surface area contributed by atoms with Crippen molar-refractivity contribution in [2.45, 2.75) is 0 Å². The molecule has 2 heterocycles. The first-order valence-electron chi connectivity index (χ1n) is 4.94. The monoisotopic (exact) mass is 273 g/mol. The van der Waals surface area contributed by atoms with Crippen LogP contribution in [0, 0.1) is 0 Å². The van der Waals surface area contributed by atoms with Gasteiger partial charge in [0.2, 0.25) is 0 Å². The van der Waals surface area contributed by atoms with Gasteiger partial charge in [0.15, 0.2) is 0 Å². The summed E-state index contributed by atoms with van der Waals surface area (Å²) < 4.78 is 0. The number of benzene rings is 1. The molecule has 1 aromatic carbocycles. The molecule has 0 fully saturated rings. The molecule has 0 unspecified atom stereocenters. The van der Waals surface area contributed by atoms with Crippen LogP contribution >= 0.6 is 0 Å². The molecular formula is C12H10CuN4. The van der Waals surface area contributed by atoms with Crippen LogP contribution in [0.4, 0.5) is 11.5 Å². The molecule has 0 saturated carbocycles. The van der Waals surface area contributed by atoms with E-state index in [9.17, 15) is 0 Å². The van der Waals surface area contributed by atoms with Crippen molar-refractivity contribution in [1.29, 1.82) is 0 Å². The fraction of sp³-hybridized carbons (Fsp3) is 0. The van der Waals surface area contributed by atoms with E-state index in [1.165, 1.54) is 0 Å². The summed E-state index contributed by atoms with van der Waals surface area (Å²) in [4.78, 5) is 8.58. The van der Waals surface area contributed by atoms with Crippen LogP contribution < -0.4 is 11.5 Å². The van der Waals surface area contributed by atoms with E-state index in [4.69, 9.17) is 11.5 Å². The van der Waals surface area contributed by atoms with Crippen molar-refractivity contribution in [1.82, 2.24) is 9.97 Å². The van der Waals surface area contributed by atoms with Gasteiger partial charge in [0, 0.05) is 27.8 Å². The van der Waals surface area contributed by atoms with Gasteiger partial charge in [-0.2, -0.15) is 0 Å². The number of anilines is 2. The second-order valence-corrected chi connectivity index (χ2v) is 3.71. The fourth-order valence-electron chi connectivity index (χ4n) is 1.82. The number of hydrogen-bond acceptors (Lipinski definition) is 4. The van der Waals surface area contributed by atoms with Crippen molar-refractivity contribution in [3.05, 3.63) is 36.5 Å². The molecule has 0 aliphatic heterocycles. The van der Waals surface area contributed by atoms with E-state index in [-0.39, 0.29) is 17.1 Å².